The van der Waals surface area contributed by atoms with Crippen molar-refractivity contribution >= 4 is 21.6 Å². The van der Waals surface area contributed by atoms with E-state index in [1.807, 2.05) is 13.1 Å². The molecule has 0 fully saturated rings. The molecule has 0 aromatic heterocycles. The molecule has 2 rings (SSSR count). The maximum absolute atomic E-state index is 3.44. The van der Waals surface area contributed by atoms with Crippen molar-refractivity contribution in [3.63, 3.8) is 0 Å². The molecule has 0 radical (unpaired) electrons. The molecule has 11 heavy (non-hydrogen) atoms. The summed E-state index contributed by atoms with van der Waals surface area (Å²) in [5.41, 5.74) is 5.80. The van der Waals surface area contributed by atoms with Crippen LogP contribution in [-0.2, 0) is 6.54 Å². The van der Waals surface area contributed by atoms with Crippen LogP contribution in [0, 0.1) is 0 Å². The van der Waals surface area contributed by atoms with Crippen LogP contribution >= 0.6 is 15.9 Å². The van der Waals surface area contributed by atoms with Crippen molar-refractivity contribution in [3.05, 3.63) is 28.2 Å². The van der Waals surface area contributed by atoms with Crippen molar-refractivity contribution < 1.29 is 0 Å². The second-order valence-electron chi connectivity index (χ2n) is 2.77. The molecule has 1 aliphatic rings. The third-order valence-electron chi connectivity index (χ3n) is 1.79. The minimum atomic E-state index is 0.981. The Morgan fingerprint density at radius 3 is 3.18 bits per heavy atom. The molecule has 0 unspecified atom stereocenters. The van der Waals surface area contributed by atoms with E-state index in [1.54, 1.807) is 0 Å². The van der Waals surface area contributed by atoms with E-state index < -0.39 is 0 Å². The summed E-state index contributed by atoms with van der Waals surface area (Å²) in [4.78, 5) is 0. The fraction of sp³-hybridized carbons (Fsp3) is 0.250. The number of hydrogen-bond acceptors (Lipinski definition) is 2. The number of nitrogens with one attached hydrogen (secondary N) is 1. The van der Waals surface area contributed by atoms with Gasteiger partial charge in [0.1, 0.15) is 0 Å². The van der Waals surface area contributed by atoms with Crippen LogP contribution in [0.25, 0.3) is 0 Å². The van der Waals surface area contributed by atoms with E-state index in [9.17, 15) is 0 Å². The Kier molecular flexibility index (Phi) is 1.62. The van der Waals surface area contributed by atoms with E-state index in [4.69, 9.17) is 0 Å². The third-order valence-corrected chi connectivity index (χ3v) is 2.28. The zero-order chi connectivity index (χ0) is 7.84. The number of benzene rings is 1. The molecule has 1 heterocycles. The molecule has 3 heteroatoms. The Labute approximate surface area is 74.3 Å². The van der Waals surface area contributed by atoms with Crippen molar-refractivity contribution in [1.82, 2.24) is 5.01 Å². The van der Waals surface area contributed by atoms with Crippen molar-refractivity contribution in [2.24, 2.45) is 0 Å². The summed E-state index contributed by atoms with van der Waals surface area (Å²) in [6, 6.07) is 6.28. The predicted molar refractivity (Wildman–Crippen MR) is 49.2 cm³/mol. The topological polar surface area (TPSA) is 15.3 Å². The minimum Gasteiger partial charge on any atom is -0.318 e. The summed E-state index contributed by atoms with van der Waals surface area (Å²) in [6.45, 7) is 0.981. The van der Waals surface area contributed by atoms with Gasteiger partial charge in [-0.3, -0.25) is 0 Å². The standard InChI is InChI=1S/C8H9BrN2/c1-11-5-6-4-7(9)2-3-8(6)10-11/h2-4,10H,5H2,1H3. The first-order valence-corrected chi connectivity index (χ1v) is 4.31. The lowest BCUT2D eigenvalue weighted by molar-refractivity contribution is 0.422. The quantitative estimate of drug-likeness (QED) is 0.710. The predicted octanol–water partition coefficient (Wildman–Crippen LogP) is 2.22. The van der Waals surface area contributed by atoms with Gasteiger partial charge in [0.2, 0.25) is 0 Å². The van der Waals surface area contributed by atoms with Crippen LogP contribution in [0.3, 0.4) is 0 Å². The number of fused-ring (bicyclic) bond motifs is 1. The molecular weight excluding hydrogens is 204 g/mol. The van der Waals surface area contributed by atoms with Crippen molar-refractivity contribution in [2.75, 3.05) is 12.5 Å². The van der Waals surface area contributed by atoms with Gasteiger partial charge in [-0.25, -0.2) is 5.01 Å². The normalized spacial score (nSPS) is 16.2. The maximum atomic E-state index is 3.44. The first-order valence-electron chi connectivity index (χ1n) is 3.52. The van der Waals surface area contributed by atoms with Gasteiger partial charge in [0.15, 0.2) is 0 Å². The van der Waals surface area contributed by atoms with Crippen molar-refractivity contribution in [2.45, 2.75) is 6.54 Å². The first kappa shape index (κ1) is 7.13. The van der Waals surface area contributed by atoms with Crippen LogP contribution in [0.15, 0.2) is 22.7 Å². The molecule has 0 amide bonds. The highest BCUT2D eigenvalue weighted by atomic mass is 79.9. The van der Waals surface area contributed by atoms with E-state index in [0.717, 1.165) is 11.0 Å². The highest BCUT2D eigenvalue weighted by Crippen LogP contribution is 2.26. The molecule has 0 bridgehead atoms. The Balaban J connectivity index is 2.43. The van der Waals surface area contributed by atoms with Gasteiger partial charge in [0, 0.05) is 18.1 Å². The summed E-state index contributed by atoms with van der Waals surface area (Å²) in [5.74, 6) is 0. The van der Waals surface area contributed by atoms with Gasteiger partial charge in [-0.15, -0.1) is 0 Å². The zero-order valence-electron chi connectivity index (χ0n) is 6.26. The Morgan fingerprint density at radius 2 is 2.36 bits per heavy atom. The molecule has 0 spiro atoms. The molecule has 2 nitrogen and oxygen atoms in total. The van der Waals surface area contributed by atoms with Crippen LogP contribution < -0.4 is 5.43 Å². The van der Waals surface area contributed by atoms with Gasteiger partial charge < -0.3 is 5.43 Å². The molecule has 58 valence electrons. The third kappa shape index (κ3) is 1.26. The van der Waals surface area contributed by atoms with Crippen LogP contribution in [0.4, 0.5) is 5.69 Å². The molecule has 1 aromatic rings. The Hall–Kier alpha value is -0.540. The number of anilines is 1. The van der Waals surface area contributed by atoms with E-state index >= 15 is 0 Å². The fourth-order valence-electron chi connectivity index (χ4n) is 1.30. The lowest BCUT2D eigenvalue weighted by Crippen LogP contribution is -2.16. The highest BCUT2D eigenvalue weighted by Gasteiger charge is 2.13. The van der Waals surface area contributed by atoms with Gasteiger partial charge >= 0.3 is 0 Å². The van der Waals surface area contributed by atoms with Crippen molar-refractivity contribution in [1.29, 1.82) is 0 Å². The lowest BCUT2D eigenvalue weighted by atomic mass is 10.2. The van der Waals surface area contributed by atoms with Gasteiger partial charge in [-0.2, -0.15) is 0 Å². The highest BCUT2D eigenvalue weighted by molar-refractivity contribution is 9.10. The molecule has 1 aliphatic heterocycles. The van der Waals surface area contributed by atoms with E-state index in [1.165, 1.54) is 11.3 Å². The molecule has 0 aliphatic carbocycles. The van der Waals surface area contributed by atoms with E-state index in [-0.39, 0.29) is 0 Å². The number of nitrogens with zero attached hydrogens (tertiary/aromatic N) is 1. The van der Waals surface area contributed by atoms with Gasteiger partial charge in [-0.1, -0.05) is 15.9 Å². The average molecular weight is 213 g/mol. The second kappa shape index (κ2) is 2.50. The maximum Gasteiger partial charge on any atom is 0.0536 e. The fourth-order valence-corrected chi connectivity index (χ4v) is 1.71. The molecular formula is C8H9BrN2. The molecule has 1 N–H and O–H groups in total. The summed E-state index contributed by atoms with van der Waals surface area (Å²) in [6.07, 6.45) is 0. The van der Waals surface area contributed by atoms with Crippen LogP contribution in [0.5, 0.6) is 0 Å². The molecule has 0 saturated carbocycles. The monoisotopic (exact) mass is 212 g/mol. The van der Waals surface area contributed by atoms with Gasteiger partial charge in [0.25, 0.3) is 0 Å². The lowest BCUT2D eigenvalue weighted by Gasteiger charge is -2.06. The second-order valence-corrected chi connectivity index (χ2v) is 3.69. The van der Waals surface area contributed by atoms with E-state index in [0.29, 0.717) is 0 Å². The zero-order valence-corrected chi connectivity index (χ0v) is 7.85. The first-order chi connectivity index (χ1) is 5.25. The van der Waals surface area contributed by atoms with Gasteiger partial charge in [0.05, 0.1) is 5.69 Å². The average Bonchev–Trinajstić information content (AvgIpc) is 2.27. The summed E-state index contributed by atoms with van der Waals surface area (Å²) < 4.78 is 1.15. The van der Waals surface area contributed by atoms with E-state index in [2.05, 4.69) is 38.5 Å². The summed E-state index contributed by atoms with van der Waals surface area (Å²) in [7, 11) is 2.04. The Morgan fingerprint density at radius 1 is 1.55 bits per heavy atom. The number of hydrazine groups is 1. The SMILES string of the molecule is CN1Cc2cc(Br)ccc2N1. The largest absolute Gasteiger partial charge is 0.318 e. The van der Waals surface area contributed by atoms with Crippen LogP contribution in [0.2, 0.25) is 0 Å². The van der Waals surface area contributed by atoms with Crippen molar-refractivity contribution in [3.8, 4) is 0 Å². The Bertz CT molecular complexity index is 285. The van der Waals surface area contributed by atoms with Crippen LogP contribution in [-0.4, -0.2) is 12.1 Å². The molecule has 0 saturated heterocycles. The minimum absolute atomic E-state index is 0.981. The van der Waals surface area contributed by atoms with Crippen LogP contribution in [0.1, 0.15) is 5.56 Å². The smallest absolute Gasteiger partial charge is 0.0536 e. The molecule has 1 aromatic carbocycles. The molecule has 0 atom stereocenters. The number of halogens is 1. The summed E-state index contributed by atoms with van der Waals surface area (Å²) >= 11 is 3.44. The summed E-state index contributed by atoms with van der Waals surface area (Å²) in [5, 5.41) is 2.07. The number of rotatable bonds is 0. The van der Waals surface area contributed by atoms with Gasteiger partial charge in [-0.05, 0) is 23.8 Å². The number of hydrogen-bond donors (Lipinski definition) is 1.